The summed E-state index contributed by atoms with van der Waals surface area (Å²) in [6.07, 6.45) is 2.21. The molecule has 1 aliphatic heterocycles. The first-order chi connectivity index (χ1) is 10.7. The zero-order valence-electron chi connectivity index (χ0n) is 12.4. The summed E-state index contributed by atoms with van der Waals surface area (Å²) < 4.78 is 0. The van der Waals surface area contributed by atoms with Crippen molar-refractivity contribution in [3.8, 4) is 0 Å². The molecule has 0 radical (unpaired) electrons. The predicted molar refractivity (Wildman–Crippen MR) is 88.3 cm³/mol. The van der Waals surface area contributed by atoms with Gasteiger partial charge < -0.3 is 10.2 Å². The molecule has 1 heterocycles. The van der Waals surface area contributed by atoms with Crippen molar-refractivity contribution in [2.24, 2.45) is 0 Å². The van der Waals surface area contributed by atoms with Crippen molar-refractivity contribution in [2.45, 2.75) is 19.4 Å². The van der Waals surface area contributed by atoms with Crippen molar-refractivity contribution in [1.29, 1.82) is 0 Å². The minimum atomic E-state index is -0.278. The summed E-state index contributed by atoms with van der Waals surface area (Å²) >= 11 is 0. The van der Waals surface area contributed by atoms with Crippen molar-refractivity contribution in [1.82, 2.24) is 0 Å². The molecule has 0 aliphatic carbocycles. The van der Waals surface area contributed by atoms with E-state index in [1.165, 1.54) is 0 Å². The maximum Gasteiger partial charge on any atom is 0.292 e. The Balaban J connectivity index is 1.78. The fourth-order valence-corrected chi connectivity index (χ4v) is 2.81. The molecule has 0 amide bonds. The molecule has 3 rings (SSSR count). The quantitative estimate of drug-likeness (QED) is 0.673. The largest absolute Gasteiger partial charge is 0.381 e. The molecule has 1 saturated heterocycles. The van der Waals surface area contributed by atoms with Gasteiger partial charge in [-0.15, -0.1) is 0 Å². The Bertz CT molecular complexity index is 652. The topological polar surface area (TPSA) is 58.4 Å². The molecular formula is C17H19N3O2. The zero-order chi connectivity index (χ0) is 15.4. The third kappa shape index (κ3) is 3.19. The number of hydrogen-bond donors (Lipinski definition) is 1. The SMILES string of the molecule is O=[N+]([O-])c1cc(CNc2ccccc2)ccc1N1CCCC1. The van der Waals surface area contributed by atoms with Crippen LogP contribution in [0.1, 0.15) is 18.4 Å². The van der Waals surface area contributed by atoms with Crippen LogP contribution in [0.3, 0.4) is 0 Å². The minimum Gasteiger partial charge on any atom is -0.381 e. The first-order valence-corrected chi connectivity index (χ1v) is 7.55. The smallest absolute Gasteiger partial charge is 0.292 e. The van der Waals surface area contributed by atoms with Gasteiger partial charge in [0.1, 0.15) is 5.69 Å². The highest BCUT2D eigenvalue weighted by atomic mass is 16.6. The Labute approximate surface area is 129 Å². The average Bonchev–Trinajstić information content (AvgIpc) is 3.08. The molecule has 0 saturated carbocycles. The Kier molecular flexibility index (Phi) is 4.23. The molecule has 2 aromatic carbocycles. The van der Waals surface area contributed by atoms with E-state index in [0.29, 0.717) is 6.54 Å². The second-order valence-corrected chi connectivity index (χ2v) is 5.49. The summed E-state index contributed by atoms with van der Waals surface area (Å²) in [7, 11) is 0. The summed E-state index contributed by atoms with van der Waals surface area (Å²) in [6.45, 7) is 2.38. The normalized spacial score (nSPS) is 14.1. The fraction of sp³-hybridized carbons (Fsp3) is 0.294. The van der Waals surface area contributed by atoms with Crippen molar-refractivity contribution < 1.29 is 4.92 Å². The molecule has 0 spiro atoms. The van der Waals surface area contributed by atoms with Gasteiger partial charge in [0, 0.05) is 31.4 Å². The molecule has 114 valence electrons. The third-order valence-corrected chi connectivity index (χ3v) is 3.95. The maximum atomic E-state index is 11.4. The van der Waals surface area contributed by atoms with Crippen molar-refractivity contribution in [3.05, 3.63) is 64.2 Å². The lowest BCUT2D eigenvalue weighted by molar-refractivity contribution is -0.384. The number of para-hydroxylation sites is 1. The van der Waals surface area contributed by atoms with Crippen LogP contribution in [0.5, 0.6) is 0 Å². The Morgan fingerprint density at radius 3 is 2.50 bits per heavy atom. The number of anilines is 2. The van der Waals surface area contributed by atoms with E-state index in [4.69, 9.17) is 0 Å². The molecule has 22 heavy (non-hydrogen) atoms. The second-order valence-electron chi connectivity index (χ2n) is 5.49. The molecule has 1 aliphatic rings. The number of nitrogens with one attached hydrogen (secondary N) is 1. The van der Waals surface area contributed by atoms with Crippen LogP contribution in [0.2, 0.25) is 0 Å². The summed E-state index contributed by atoms with van der Waals surface area (Å²) in [5, 5.41) is 14.6. The van der Waals surface area contributed by atoms with Crippen LogP contribution in [0.15, 0.2) is 48.5 Å². The summed E-state index contributed by atoms with van der Waals surface area (Å²) in [5.74, 6) is 0. The number of nitro benzene ring substituents is 1. The van der Waals surface area contributed by atoms with Crippen molar-refractivity contribution >= 4 is 17.1 Å². The van der Waals surface area contributed by atoms with E-state index < -0.39 is 0 Å². The van der Waals surface area contributed by atoms with Gasteiger partial charge in [-0.1, -0.05) is 24.3 Å². The minimum absolute atomic E-state index is 0.203. The van der Waals surface area contributed by atoms with Crippen molar-refractivity contribution in [3.63, 3.8) is 0 Å². The van der Waals surface area contributed by atoms with Gasteiger partial charge in [0.25, 0.3) is 5.69 Å². The molecule has 5 nitrogen and oxygen atoms in total. The summed E-state index contributed by atoms with van der Waals surface area (Å²) in [4.78, 5) is 13.2. The molecule has 0 atom stereocenters. The highest BCUT2D eigenvalue weighted by Crippen LogP contribution is 2.31. The molecule has 0 bridgehead atoms. The number of nitrogens with zero attached hydrogens (tertiary/aromatic N) is 2. The van der Waals surface area contributed by atoms with Gasteiger partial charge in [-0.2, -0.15) is 0 Å². The Morgan fingerprint density at radius 1 is 1.09 bits per heavy atom. The summed E-state index contributed by atoms with van der Waals surface area (Å²) in [5.41, 5.74) is 2.87. The van der Waals surface area contributed by atoms with Crippen LogP contribution in [-0.4, -0.2) is 18.0 Å². The van der Waals surface area contributed by atoms with Crippen molar-refractivity contribution in [2.75, 3.05) is 23.3 Å². The fourth-order valence-electron chi connectivity index (χ4n) is 2.81. The number of rotatable bonds is 5. The number of nitro groups is 1. The lowest BCUT2D eigenvalue weighted by Crippen LogP contribution is -2.19. The zero-order valence-corrected chi connectivity index (χ0v) is 12.4. The van der Waals surface area contributed by atoms with Gasteiger partial charge in [0.2, 0.25) is 0 Å². The van der Waals surface area contributed by atoms with Gasteiger partial charge in [0.05, 0.1) is 4.92 Å². The van der Waals surface area contributed by atoms with Gasteiger partial charge >= 0.3 is 0 Å². The third-order valence-electron chi connectivity index (χ3n) is 3.95. The first-order valence-electron chi connectivity index (χ1n) is 7.55. The molecule has 1 fully saturated rings. The van der Waals surface area contributed by atoms with E-state index in [9.17, 15) is 10.1 Å². The van der Waals surface area contributed by atoms with E-state index in [0.717, 1.165) is 42.9 Å². The molecule has 0 unspecified atom stereocenters. The van der Waals surface area contributed by atoms with E-state index in [2.05, 4.69) is 10.2 Å². The van der Waals surface area contributed by atoms with Crippen LogP contribution in [-0.2, 0) is 6.54 Å². The van der Waals surface area contributed by atoms with E-state index in [-0.39, 0.29) is 10.6 Å². The van der Waals surface area contributed by atoms with Crippen LogP contribution in [0, 0.1) is 10.1 Å². The monoisotopic (exact) mass is 297 g/mol. The Morgan fingerprint density at radius 2 is 1.82 bits per heavy atom. The lowest BCUT2D eigenvalue weighted by atomic mass is 10.1. The van der Waals surface area contributed by atoms with Crippen LogP contribution >= 0.6 is 0 Å². The van der Waals surface area contributed by atoms with Crippen LogP contribution in [0.25, 0.3) is 0 Å². The van der Waals surface area contributed by atoms with Gasteiger partial charge in [-0.25, -0.2) is 0 Å². The Hall–Kier alpha value is -2.56. The highest BCUT2D eigenvalue weighted by molar-refractivity contribution is 5.65. The molecular weight excluding hydrogens is 278 g/mol. The van der Waals surface area contributed by atoms with Gasteiger partial charge in [-0.05, 0) is 36.6 Å². The van der Waals surface area contributed by atoms with Gasteiger partial charge in [-0.3, -0.25) is 10.1 Å². The second kappa shape index (κ2) is 6.47. The summed E-state index contributed by atoms with van der Waals surface area (Å²) in [6, 6.07) is 15.4. The lowest BCUT2D eigenvalue weighted by Gasteiger charge is -2.18. The van der Waals surface area contributed by atoms with E-state index >= 15 is 0 Å². The molecule has 5 heteroatoms. The van der Waals surface area contributed by atoms with Crippen LogP contribution in [0.4, 0.5) is 17.1 Å². The van der Waals surface area contributed by atoms with E-state index in [1.807, 2.05) is 42.5 Å². The molecule has 1 N–H and O–H groups in total. The average molecular weight is 297 g/mol. The van der Waals surface area contributed by atoms with Gasteiger partial charge in [0.15, 0.2) is 0 Å². The molecule has 0 aromatic heterocycles. The van der Waals surface area contributed by atoms with E-state index in [1.54, 1.807) is 6.07 Å². The molecule has 2 aromatic rings. The maximum absolute atomic E-state index is 11.4. The standard InChI is InChI=1S/C17H19N3O2/c21-20(22)17-12-14(13-18-15-6-2-1-3-7-15)8-9-16(17)19-10-4-5-11-19/h1-3,6-9,12,18H,4-5,10-11,13H2. The van der Waals surface area contributed by atoms with Crippen LogP contribution < -0.4 is 10.2 Å². The predicted octanol–water partition coefficient (Wildman–Crippen LogP) is 3.81. The number of benzene rings is 2. The highest BCUT2D eigenvalue weighted by Gasteiger charge is 2.22. The number of hydrogen-bond acceptors (Lipinski definition) is 4. The first kappa shape index (κ1) is 14.4.